The van der Waals surface area contributed by atoms with Crippen molar-refractivity contribution >= 4 is 5.82 Å². The topological polar surface area (TPSA) is 59.7 Å². The SMILES string of the molecule is Cc1nc(C)c(C)c(N2CCC[C@H](c3nccn3Cc3cccnc3)C2)n1. The second kappa shape index (κ2) is 7.47. The number of hydrogen-bond donors (Lipinski definition) is 0. The molecule has 0 amide bonds. The average molecular weight is 362 g/mol. The van der Waals surface area contributed by atoms with Gasteiger partial charge in [0.25, 0.3) is 0 Å². The van der Waals surface area contributed by atoms with Gasteiger partial charge in [0.15, 0.2) is 0 Å². The summed E-state index contributed by atoms with van der Waals surface area (Å²) in [5.41, 5.74) is 3.44. The minimum absolute atomic E-state index is 0.403. The molecule has 6 heteroatoms. The van der Waals surface area contributed by atoms with Crippen LogP contribution in [-0.4, -0.2) is 37.6 Å². The van der Waals surface area contributed by atoms with E-state index in [2.05, 4.69) is 45.5 Å². The molecule has 1 aliphatic heterocycles. The van der Waals surface area contributed by atoms with Crippen LogP contribution < -0.4 is 4.90 Å². The Kier molecular flexibility index (Phi) is 4.88. The molecule has 0 radical (unpaired) electrons. The zero-order valence-electron chi connectivity index (χ0n) is 16.3. The van der Waals surface area contributed by atoms with Gasteiger partial charge in [0.1, 0.15) is 17.5 Å². The largest absolute Gasteiger partial charge is 0.356 e. The lowest BCUT2D eigenvalue weighted by molar-refractivity contribution is 0.473. The molecule has 140 valence electrons. The third-order valence-electron chi connectivity index (χ3n) is 5.38. The molecule has 27 heavy (non-hydrogen) atoms. The molecule has 1 fully saturated rings. The third-order valence-corrected chi connectivity index (χ3v) is 5.38. The van der Waals surface area contributed by atoms with Crippen LogP contribution in [0.4, 0.5) is 5.82 Å². The summed E-state index contributed by atoms with van der Waals surface area (Å²) in [7, 11) is 0. The minimum atomic E-state index is 0.403. The fourth-order valence-corrected chi connectivity index (χ4v) is 3.94. The van der Waals surface area contributed by atoms with Gasteiger partial charge >= 0.3 is 0 Å². The second-order valence-electron chi connectivity index (χ2n) is 7.36. The van der Waals surface area contributed by atoms with Gasteiger partial charge in [-0.1, -0.05) is 6.07 Å². The van der Waals surface area contributed by atoms with Gasteiger partial charge in [0.2, 0.25) is 0 Å². The molecule has 4 heterocycles. The summed E-state index contributed by atoms with van der Waals surface area (Å²) in [5.74, 6) is 3.48. The molecule has 1 aliphatic rings. The van der Waals surface area contributed by atoms with Crippen LogP contribution in [0.3, 0.4) is 0 Å². The molecule has 0 N–H and O–H groups in total. The maximum atomic E-state index is 4.74. The smallest absolute Gasteiger partial charge is 0.135 e. The van der Waals surface area contributed by atoms with E-state index in [4.69, 9.17) is 9.97 Å². The van der Waals surface area contributed by atoms with E-state index < -0.39 is 0 Å². The molecular formula is C21H26N6. The van der Waals surface area contributed by atoms with Gasteiger partial charge in [-0.3, -0.25) is 4.98 Å². The van der Waals surface area contributed by atoms with Crippen molar-refractivity contribution in [1.82, 2.24) is 24.5 Å². The number of anilines is 1. The van der Waals surface area contributed by atoms with Gasteiger partial charge in [-0.15, -0.1) is 0 Å². The predicted octanol–water partition coefficient (Wildman–Crippen LogP) is 3.43. The highest BCUT2D eigenvalue weighted by Gasteiger charge is 2.27. The summed E-state index contributed by atoms with van der Waals surface area (Å²) in [4.78, 5) is 20.6. The third kappa shape index (κ3) is 3.70. The predicted molar refractivity (Wildman–Crippen MR) is 106 cm³/mol. The lowest BCUT2D eigenvalue weighted by atomic mass is 9.96. The molecule has 0 spiro atoms. The Bertz CT molecular complexity index is 918. The average Bonchev–Trinajstić information content (AvgIpc) is 3.14. The molecule has 0 saturated carbocycles. The summed E-state index contributed by atoms with van der Waals surface area (Å²) in [6, 6.07) is 4.09. The summed E-state index contributed by atoms with van der Waals surface area (Å²) >= 11 is 0. The molecule has 6 nitrogen and oxygen atoms in total. The van der Waals surface area contributed by atoms with Crippen LogP contribution in [0.25, 0.3) is 0 Å². The normalized spacial score (nSPS) is 17.3. The van der Waals surface area contributed by atoms with E-state index in [0.29, 0.717) is 5.92 Å². The molecule has 1 saturated heterocycles. The van der Waals surface area contributed by atoms with Crippen LogP contribution in [0.1, 0.15) is 47.2 Å². The van der Waals surface area contributed by atoms with E-state index in [1.165, 1.54) is 11.1 Å². The molecule has 0 aliphatic carbocycles. The summed E-state index contributed by atoms with van der Waals surface area (Å²) in [6.07, 6.45) is 10.0. The minimum Gasteiger partial charge on any atom is -0.356 e. The van der Waals surface area contributed by atoms with E-state index in [1.54, 1.807) is 0 Å². The monoisotopic (exact) mass is 362 g/mol. The van der Waals surface area contributed by atoms with E-state index >= 15 is 0 Å². The fraction of sp³-hybridized carbons (Fsp3) is 0.429. The highest BCUT2D eigenvalue weighted by atomic mass is 15.2. The van der Waals surface area contributed by atoms with Gasteiger partial charge in [0.05, 0.1) is 6.54 Å². The first-order valence-corrected chi connectivity index (χ1v) is 9.58. The van der Waals surface area contributed by atoms with Crippen LogP contribution in [-0.2, 0) is 6.54 Å². The lowest BCUT2D eigenvalue weighted by Crippen LogP contribution is -2.36. The Morgan fingerprint density at radius 1 is 1.15 bits per heavy atom. The molecule has 0 bridgehead atoms. The Morgan fingerprint density at radius 2 is 2.04 bits per heavy atom. The van der Waals surface area contributed by atoms with Gasteiger partial charge in [-0.25, -0.2) is 15.0 Å². The molecule has 3 aromatic heterocycles. The number of aryl methyl sites for hydroxylation is 2. The number of hydrogen-bond acceptors (Lipinski definition) is 5. The highest BCUT2D eigenvalue weighted by Crippen LogP contribution is 2.30. The molecule has 1 atom stereocenters. The maximum absolute atomic E-state index is 4.74. The van der Waals surface area contributed by atoms with Crippen LogP contribution in [0, 0.1) is 20.8 Å². The molecule has 4 rings (SSSR count). The standard InChI is InChI=1S/C21H26N6/c1-15-16(2)24-17(3)25-20(15)26-10-5-7-19(14-26)21-23-9-11-27(21)13-18-6-4-8-22-12-18/h4,6,8-9,11-12,19H,5,7,10,13-14H2,1-3H3/t19-/m0/s1. The first-order valence-electron chi connectivity index (χ1n) is 9.58. The van der Waals surface area contributed by atoms with E-state index in [9.17, 15) is 0 Å². The number of pyridine rings is 1. The van der Waals surface area contributed by atoms with Crippen molar-refractivity contribution in [2.24, 2.45) is 0 Å². The highest BCUT2D eigenvalue weighted by molar-refractivity contribution is 5.49. The first-order chi connectivity index (χ1) is 13.1. The van der Waals surface area contributed by atoms with Crippen molar-refractivity contribution in [1.29, 1.82) is 0 Å². The Hall–Kier alpha value is -2.76. The summed E-state index contributed by atoms with van der Waals surface area (Å²) < 4.78 is 2.26. The van der Waals surface area contributed by atoms with Gasteiger partial charge < -0.3 is 9.47 Å². The van der Waals surface area contributed by atoms with Gasteiger partial charge in [-0.05, 0) is 45.2 Å². The van der Waals surface area contributed by atoms with E-state index in [1.807, 2.05) is 31.6 Å². The van der Waals surface area contributed by atoms with Crippen LogP contribution in [0.5, 0.6) is 0 Å². The maximum Gasteiger partial charge on any atom is 0.135 e. The molecule has 3 aromatic rings. The van der Waals surface area contributed by atoms with E-state index in [-0.39, 0.29) is 0 Å². The molecular weight excluding hydrogens is 336 g/mol. The number of piperidine rings is 1. The zero-order valence-corrected chi connectivity index (χ0v) is 16.3. The number of aromatic nitrogens is 5. The van der Waals surface area contributed by atoms with Crippen molar-refractivity contribution in [3.05, 3.63) is 65.4 Å². The van der Waals surface area contributed by atoms with Crippen molar-refractivity contribution in [2.45, 2.75) is 46.1 Å². The number of rotatable bonds is 4. The lowest BCUT2D eigenvalue weighted by Gasteiger charge is -2.34. The molecule has 0 unspecified atom stereocenters. The summed E-state index contributed by atoms with van der Waals surface area (Å²) in [6.45, 7) is 8.95. The first kappa shape index (κ1) is 17.6. The number of imidazole rings is 1. The molecule has 0 aromatic carbocycles. The Morgan fingerprint density at radius 3 is 2.85 bits per heavy atom. The van der Waals surface area contributed by atoms with Crippen molar-refractivity contribution in [3.8, 4) is 0 Å². The summed E-state index contributed by atoms with van der Waals surface area (Å²) in [5, 5.41) is 0. The number of nitrogens with zero attached hydrogens (tertiary/aromatic N) is 6. The van der Waals surface area contributed by atoms with Crippen molar-refractivity contribution < 1.29 is 0 Å². The van der Waals surface area contributed by atoms with Crippen LogP contribution >= 0.6 is 0 Å². The zero-order chi connectivity index (χ0) is 18.8. The van der Waals surface area contributed by atoms with Crippen molar-refractivity contribution in [3.63, 3.8) is 0 Å². The Labute approximate surface area is 160 Å². The van der Waals surface area contributed by atoms with Crippen LogP contribution in [0.2, 0.25) is 0 Å². The Balaban J connectivity index is 1.57. The van der Waals surface area contributed by atoms with E-state index in [0.717, 1.165) is 55.6 Å². The van der Waals surface area contributed by atoms with Gasteiger partial charge in [-0.2, -0.15) is 0 Å². The quantitative estimate of drug-likeness (QED) is 0.712. The second-order valence-corrected chi connectivity index (χ2v) is 7.36. The van der Waals surface area contributed by atoms with Crippen LogP contribution in [0.15, 0.2) is 36.9 Å². The van der Waals surface area contributed by atoms with Gasteiger partial charge in [0, 0.05) is 55.1 Å². The fourth-order valence-electron chi connectivity index (χ4n) is 3.94. The van der Waals surface area contributed by atoms with Crippen molar-refractivity contribution in [2.75, 3.05) is 18.0 Å².